The smallest absolute Gasteiger partial charge is 0.224 e. The molecule has 1 heterocycles. The second-order valence-corrected chi connectivity index (χ2v) is 8.88. The number of rotatable bonds is 9. The summed E-state index contributed by atoms with van der Waals surface area (Å²) in [6.07, 6.45) is 0.387. The van der Waals surface area contributed by atoms with Crippen LogP contribution in [0.2, 0.25) is 0 Å². The third-order valence-electron chi connectivity index (χ3n) is 6.14. The number of fused-ring (bicyclic) bond motifs is 1. The summed E-state index contributed by atoms with van der Waals surface area (Å²) >= 11 is 0. The van der Waals surface area contributed by atoms with E-state index in [1.165, 1.54) is 12.0 Å². The zero-order valence-electron chi connectivity index (χ0n) is 23.2. The van der Waals surface area contributed by atoms with Crippen LogP contribution in [0.25, 0.3) is 0 Å². The Morgan fingerprint density at radius 1 is 1.18 bits per heavy atom. The highest BCUT2D eigenvalue weighted by Gasteiger charge is 2.32. The predicted octanol–water partition coefficient (Wildman–Crippen LogP) is 5.52. The summed E-state index contributed by atoms with van der Waals surface area (Å²) in [7, 11) is 1.52. The molecule has 0 bridgehead atoms. The molecule has 2 unspecified atom stereocenters. The van der Waals surface area contributed by atoms with E-state index in [1.807, 2.05) is 38.1 Å². The van der Waals surface area contributed by atoms with Crippen LogP contribution in [0.3, 0.4) is 0 Å². The maximum Gasteiger partial charge on any atom is 0.224 e. The van der Waals surface area contributed by atoms with Gasteiger partial charge >= 0.3 is 0 Å². The Bertz CT molecular complexity index is 1250. The molecular weight excluding hydrogens is 519 g/mol. The van der Waals surface area contributed by atoms with Gasteiger partial charge in [0, 0.05) is 30.8 Å². The minimum absolute atomic E-state index is 0.0842. The first-order chi connectivity index (χ1) is 19.2. The molecule has 0 aromatic heterocycles. The molecule has 2 atom stereocenters. The molecule has 40 heavy (non-hydrogen) atoms. The van der Waals surface area contributed by atoms with Crippen molar-refractivity contribution in [2.24, 2.45) is 11.5 Å². The number of allylic oxidation sites excluding steroid dienone is 4. The van der Waals surface area contributed by atoms with Crippen molar-refractivity contribution in [1.82, 2.24) is 4.90 Å². The van der Waals surface area contributed by atoms with Gasteiger partial charge in [0.1, 0.15) is 36.1 Å². The minimum atomic E-state index is -1.02. The molecule has 2 aromatic rings. The Labute approximate surface area is 234 Å². The lowest BCUT2D eigenvalue weighted by molar-refractivity contribution is -0.132. The zero-order chi connectivity index (χ0) is 29.8. The van der Waals surface area contributed by atoms with E-state index in [2.05, 4.69) is 6.58 Å². The Hall–Kier alpha value is -3.89. The minimum Gasteiger partial charge on any atom is -0.496 e. The van der Waals surface area contributed by atoms with Crippen molar-refractivity contribution in [2.75, 3.05) is 25.2 Å². The third-order valence-corrected chi connectivity index (χ3v) is 6.14. The molecule has 216 valence electrons. The van der Waals surface area contributed by atoms with Crippen molar-refractivity contribution >= 4 is 17.4 Å². The van der Waals surface area contributed by atoms with Gasteiger partial charge in [-0.05, 0) is 41.8 Å². The molecule has 3 rings (SSSR count). The number of para-hydroxylation sites is 2. The molecule has 1 aliphatic rings. The number of nitrogens with zero attached hydrogens (tertiary/aromatic N) is 2. The number of amidine groups is 1. The van der Waals surface area contributed by atoms with Crippen molar-refractivity contribution in [3.63, 3.8) is 0 Å². The van der Waals surface area contributed by atoms with E-state index in [4.69, 9.17) is 21.6 Å². The lowest BCUT2D eigenvalue weighted by atomic mass is 10.0. The topological polar surface area (TPSA) is 109 Å². The fraction of sp³-hybridized carbons (Fsp3) is 0.333. The summed E-state index contributed by atoms with van der Waals surface area (Å²) < 4.78 is 45.6. The maximum absolute atomic E-state index is 14.3. The van der Waals surface area contributed by atoms with E-state index < -0.39 is 30.5 Å². The van der Waals surface area contributed by atoms with Crippen molar-refractivity contribution in [1.29, 1.82) is 5.41 Å². The largest absolute Gasteiger partial charge is 0.496 e. The fourth-order valence-electron chi connectivity index (χ4n) is 4.39. The number of alkyl halides is 1. The average Bonchev–Trinajstić information content (AvgIpc) is 3.08. The zero-order valence-corrected chi connectivity index (χ0v) is 23.2. The van der Waals surface area contributed by atoms with Gasteiger partial charge in [0.15, 0.2) is 0 Å². The first kappa shape index (κ1) is 32.3. The molecule has 0 fully saturated rings. The Balaban J connectivity index is 0.00000274. The molecule has 1 aliphatic heterocycles. The number of hydrogen-bond acceptors (Lipinski definition) is 5. The first-order valence-corrected chi connectivity index (χ1v) is 13.0. The number of methoxy groups -OCH3 is 1. The summed E-state index contributed by atoms with van der Waals surface area (Å²) in [5.41, 5.74) is 14.5. The van der Waals surface area contributed by atoms with Crippen LogP contribution in [-0.4, -0.2) is 49.2 Å². The van der Waals surface area contributed by atoms with Gasteiger partial charge in [0.25, 0.3) is 0 Å². The van der Waals surface area contributed by atoms with Crippen molar-refractivity contribution in [3.8, 4) is 5.75 Å². The number of nitrogens with two attached hydrogens (primary N) is 2. The molecule has 10 heteroatoms. The van der Waals surface area contributed by atoms with E-state index in [-0.39, 0.29) is 43.2 Å². The van der Waals surface area contributed by atoms with Crippen LogP contribution in [0.1, 0.15) is 37.8 Å². The highest BCUT2D eigenvalue weighted by molar-refractivity contribution is 6.10. The number of nitrogens with one attached hydrogen (secondary N) is 1. The predicted molar refractivity (Wildman–Crippen MR) is 154 cm³/mol. The second kappa shape index (κ2) is 15.6. The molecule has 5 N–H and O–H groups in total. The quantitative estimate of drug-likeness (QED) is 0.214. The van der Waals surface area contributed by atoms with Gasteiger partial charge in [0.2, 0.25) is 5.91 Å². The fourth-order valence-corrected chi connectivity index (χ4v) is 4.39. The number of anilines is 1. The van der Waals surface area contributed by atoms with Crippen LogP contribution in [0.15, 0.2) is 84.5 Å². The lowest BCUT2D eigenvalue weighted by Crippen LogP contribution is -2.52. The molecule has 0 saturated carbocycles. The van der Waals surface area contributed by atoms with Crippen LogP contribution in [-0.2, 0) is 11.3 Å². The summed E-state index contributed by atoms with van der Waals surface area (Å²) in [4.78, 5) is 16.5. The average molecular weight is 558 g/mol. The number of benzene rings is 2. The molecule has 1 amide bonds. The van der Waals surface area contributed by atoms with Gasteiger partial charge in [-0.1, -0.05) is 50.8 Å². The highest BCUT2D eigenvalue weighted by atomic mass is 19.1. The molecule has 0 aliphatic carbocycles. The van der Waals surface area contributed by atoms with Crippen LogP contribution >= 0.6 is 0 Å². The van der Waals surface area contributed by atoms with E-state index in [0.717, 1.165) is 11.6 Å². The number of amides is 1. The van der Waals surface area contributed by atoms with Crippen molar-refractivity contribution < 1.29 is 22.7 Å². The Morgan fingerprint density at radius 2 is 1.82 bits per heavy atom. The maximum atomic E-state index is 14.3. The van der Waals surface area contributed by atoms with Gasteiger partial charge in [-0.25, -0.2) is 13.2 Å². The highest BCUT2D eigenvalue weighted by Crippen LogP contribution is 2.31. The molecule has 2 aromatic carbocycles. The molecule has 0 spiro atoms. The summed E-state index contributed by atoms with van der Waals surface area (Å²) in [6.45, 7) is 6.30. The third kappa shape index (κ3) is 8.30. The monoisotopic (exact) mass is 557 g/mol. The van der Waals surface area contributed by atoms with Gasteiger partial charge in [-0.15, -0.1) is 0 Å². The lowest BCUT2D eigenvalue weighted by Gasteiger charge is -2.32. The number of carbonyl (C=O) groups excluding carboxylic acids is 1. The number of hydrogen-bond donors (Lipinski definition) is 3. The molecular formula is C30H38F3N5O2. The normalized spacial score (nSPS) is 16.2. The van der Waals surface area contributed by atoms with Crippen LogP contribution < -0.4 is 21.1 Å². The van der Waals surface area contributed by atoms with Gasteiger partial charge in [-0.2, -0.15) is 0 Å². The van der Waals surface area contributed by atoms with Crippen LogP contribution in [0, 0.1) is 5.41 Å². The summed E-state index contributed by atoms with van der Waals surface area (Å²) in [5, 5.41) is 8.95. The molecule has 7 nitrogen and oxygen atoms in total. The van der Waals surface area contributed by atoms with Gasteiger partial charge in [-0.3, -0.25) is 10.2 Å². The van der Waals surface area contributed by atoms with Crippen molar-refractivity contribution in [3.05, 3.63) is 95.6 Å². The Kier molecular flexibility index (Phi) is 12.6. The van der Waals surface area contributed by atoms with Crippen LogP contribution in [0.4, 0.5) is 18.9 Å². The van der Waals surface area contributed by atoms with E-state index in [9.17, 15) is 18.0 Å². The summed E-state index contributed by atoms with van der Waals surface area (Å²) in [6, 6.07) is 13.6. The Morgan fingerprint density at radius 3 is 2.48 bits per heavy atom. The van der Waals surface area contributed by atoms with E-state index in [0.29, 0.717) is 23.1 Å². The number of halogens is 3. The second-order valence-electron chi connectivity index (χ2n) is 8.88. The summed E-state index contributed by atoms with van der Waals surface area (Å²) in [5.74, 6) is -1.72. The SMILES string of the molecule is C=C(F)/C=C(F)\C(=C/CF)CC(N)CC(=O)N1Cc2ccccc2N(C(=N)c2ccccc2OC)C(N)C1.CC. The standard InChI is InChI=1S/C28H32F3N5O2.C2H6/c1-18(30)13-23(31)19(11-12-29)14-21(32)15-27(37)35-16-20-7-3-5-9-24(20)36(26(33)17-35)28(34)22-8-4-6-10-25(22)38-2;1-2/h3-11,13,21,26,34H,1,12,14-17,32-33H2,2H3;1-2H3/b19-11-,23-13+,34-28?;. The van der Waals surface area contributed by atoms with E-state index in [1.54, 1.807) is 29.2 Å². The van der Waals surface area contributed by atoms with Crippen molar-refractivity contribution in [2.45, 2.75) is 45.4 Å². The van der Waals surface area contributed by atoms with Gasteiger partial charge in [0.05, 0.1) is 19.2 Å². The first-order valence-electron chi connectivity index (χ1n) is 13.0. The number of carbonyl (C=O) groups is 1. The molecule has 0 radical (unpaired) electrons. The van der Waals surface area contributed by atoms with Crippen LogP contribution in [0.5, 0.6) is 5.75 Å². The van der Waals surface area contributed by atoms with Gasteiger partial charge < -0.3 is 26.0 Å². The number of ether oxygens (including phenoxy) is 1. The van der Waals surface area contributed by atoms with E-state index >= 15 is 0 Å². The molecule has 0 saturated heterocycles.